The van der Waals surface area contributed by atoms with Gasteiger partial charge in [-0.2, -0.15) is 0 Å². The Labute approximate surface area is 98.1 Å². The van der Waals surface area contributed by atoms with Gasteiger partial charge in [-0.25, -0.2) is 0 Å². The molecule has 0 saturated heterocycles. The molecule has 1 fully saturated rings. The minimum Gasteiger partial charge on any atom is -0.355 e. The predicted octanol–water partition coefficient (Wildman–Crippen LogP) is 0.749. The van der Waals surface area contributed by atoms with Gasteiger partial charge in [-0.3, -0.25) is 4.79 Å². The van der Waals surface area contributed by atoms with E-state index in [0.717, 1.165) is 25.8 Å². The van der Waals surface area contributed by atoms with Crippen molar-refractivity contribution in [2.75, 3.05) is 13.1 Å². The molecular weight excluding hydrogens is 202 g/mol. The summed E-state index contributed by atoms with van der Waals surface area (Å²) in [6.07, 6.45) is 8.36. The normalized spacial score (nSPS) is 27.6. The SMILES string of the molecule is NCC(=O)NCC1CCCCCC(N)CC1. The zero-order valence-electron chi connectivity index (χ0n) is 10.1. The van der Waals surface area contributed by atoms with Crippen LogP contribution in [0.15, 0.2) is 0 Å². The Hall–Kier alpha value is -0.610. The molecule has 1 amide bonds. The van der Waals surface area contributed by atoms with Crippen LogP contribution in [0, 0.1) is 5.92 Å². The molecule has 1 saturated carbocycles. The number of nitrogens with two attached hydrogens (primary N) is 2. The van der Waals surface area contributed by atoms with Crippen LogP contribution in [0.3, 0.4) is 0 Å². The molecule has 5 N–H and O–H groups in total. The summed E-state index contributed by atoms with van der Waals surface area (Å²) >= 11 is 0. The number of amides is 1. The van der Waals surface area contributed by atoms with Crippen molar-refractivity contribution in [2.24, 2.45) is 17.4 Å². The third-order valence-electron chi connectivity index (χ3n) is 3.41. The second-order valence-electron chi connectivity index (χ2n) is 4.85. The van der Waals surface area contributed by atoms with E-state index in [2.05, 4.69) is 5.32 Å². The van der Waals surface area contributed by atoms with E-state index in [4.69, 9.17) is 11.5 Å². The molecular formula is C12H25N3O. The van der Waals surface area contributed by atoms with Gasteiger partial charge in [-0.15, -0.1) is 0 Å². The third-order valence-corrected chi connectivity index (χ3v) is 3.41. The first-order valence-electron chi connectivity index (χ1n) is 6.44. The molecule has 94 valence electrons. The van der Waals surface area contributed by atoms with Crippen LogP contribution in [-0.4, -0.2) is 25.0 Å². The fourth-order valence-corrected chi connectivity index (χ4v) is 2.29. The molecule has 0 radical (unpaired) electrons. The van der Waals surface area contributed by atoms with Crippen molar-refractivity contribution in [1.29, 1.82) is 0 Å². The first-order valence-corrected chi connectivity index (χ1v) is 6.44. The zero-order chi connectivity index (χ0) is 11.8. The van der Waals surface area contributed by atoms with Gasteiger partial charge < -0.3 is 16.8 Å². The van der Waals surface area contributed by atoms with Crippen LogP contribution >= 0.6 is 0 Å². The lowest BCUT2D eigenvalue weighted by molar-refractivity contribution is -0.119. The monoisotopic (exact) mass is 227 g/mol. The average Bonchev–Trinajstić information content (AvgIpc) is 2.39. The van der Waals surface area contributed by atoms with Gasteiger partial charge in [0.05, 0.1) is 6.54 Å². The molecule has 0 bridgehead atoms. The molecule has 0 spiro atoms. The topological polar surface area (TPSA) is 81.1 Å². The molecule has 1 aliphatic carbocycles. The van der Waals surface area contributed by atoms with E-state index in [9.17, 15) is 4.79 Å². The molecule has 0 heterocycles. The highest BCUT2D eigenvalue weighted by atomic mass is 16.1. The van der Waals surface area contributed by atoms with E-state index in [1.807, 2.05) is 0 Å². The summed E-state index contributed by atoms with van der Waals surface area (Å²) in [7, 11) is 0. The van der Waals surface area contributed by atoms with Crippen molar-refractivity contribution in [3.63, 3.8) is 0 Å². The minimum atomic E-state index is -0.0517. The summed E-state index contributed by atoms with van der Waals surface area (Å²) < 4.78 is 0. The van der Waals surface area contributed by atoms with E-state index in [0.29, 0.717) is 12.0 Å². The number of hydrogen-bond acceptors (Lipinski definition) is 3. The van der Waals surface area contributed by atoms with E-state index in [1.165, 1.54) is 25.7 Å². The third kappa shape index (κ3) is 5.47. The standard InChI is InChI=1S/C12H25N3O/c13-8-12(16)15-9-10-4-2-1-3-5-11(14)7-6-10/h10-11H,1-9,13-14H2,(H,15,16). The zero-order valence-corrected chi connectivity index (χ0v) is 10.1. The van der Waals surface area contributed by atoms with Crippen LogP contribution in [0.25, 0.3) is 0 Å². The molecule has 0 aliphatic heterocycles. The number of nitrogens with one attached hydrogen (secondary N) is 1. The van der Waals surface area contributed by atoms with Crippen molar-refractivity contribution < 1.29 is 4.79 Å². The Morgan fingerprint density at radius 2 is 1.88 bits per heavy atom. The quantitative estimate of drug-likeness (QED) is 0.665. The van der Waals surface area contributed by atoms with Crippen molar-refractivity contribution >= 4 is 5.91 Å². The Kier molecular flexibility index (Phi) is 6.42. The Bertz CT molecular complexity index is 208. The summed E-state index contributed by atoms with van der Waals surface area (Å²) in [6, 6.07) is 0.353. The van der Waals surface area contributed by atoms with Crippen LogP contribution in [0.2, 0.25) is 0 Å². The van der Waals surface area contributed by atoms with Gasteiger partial charge in [0.1, 0.15) is 0 Å². The van der Waals surface area contributed by atoms with Gasteiger partial charge in [0.2, 0.25) is 5.91 Å². The summed E-state index contributed by atoms with van der Waals surface area (Å²) in [4.78, 5) is 11.1. The maximum absolute atomic E-state index is 11.1. The second kappa shape index (κ2) is 7.63. The average molecular weight is 227 g/mol. The van der Waals surface area contributed by atoms with Gasteiger partial charge in [0, 0.05) is 12.6 Å². The van der Waals surface area contributed by atoms with E-state index < -0.39 is 0 Å². The Morgan fingerprint density at radius 1 is 1.12 bits per heavy atom. The smallest absolute Gasteiger partial charge is 0.233 e. The lowest BCUT2D eigenvalue weighted by atomic mass is 9.96. The highest BCUT2D eigenvalue weighted by Gasteiger charge is 2.14. The van der Waals surface area contributed by atoms with Crippen molar-refractivity contribution in [2.45, 2.75) is 51.0 Å². The number of rotatable bonds is 3. The summed E-state index contributed by atoms with van der Waals surface area (Å²) in [6.45, 7) is 0.856. The van der Waals surface area contributed by atoms with Crippen molar-refractivity contribution in [1.82, 2.24) is 5.32 Å². The van der Waals surface area contributed by atoms with Gasteiger partial charge in [0.25, 0.3) is 0 Å². The largest absolute Gasteiger partial charge is 0.355 e. The summed E-state index contributed by atoms with van der Waals surface area (Å²) in [5.74, 6) is 0.531. The molecule has 16 heavy (non-hydrogen) atoms. The lowest BCUT2D eigenvalue weighted by Crippen LogP contribution is -2.34. The predicted molar refractivity (Wildman–Crippen MR) is 65.8 cm³/mol. The van der Waals surface area contributed by atoms with Crippen LogP contribution < -0.4 is 16.8 Å². The fraction of sp³-hybridized carbons (Fsp3) is 0.917. The molecule has 1 aliphatic rings. The number of carbonyl (C=O) groups is 1. The van der Waals surface area contributed by atoms with Crippen LogP contribution in [0.5, 0.6) is 0 Å². The lowest BCUT2D eigenvalue weighted by Gasteiger charge is -2.17. The van der Waals surface area contributed by atoms with E-state index in [-0.39, 0.29) is 12.5 Å². The van der Waals surface area contributed by atoms with Crippen LogP contribution in [-0.2, 0) is 4.79 Å². The molecule has 0 aromatic carbocycles. The van der Waals surface area contributed by atoms with Gasteiger partial charge in [-0.1, -0.05) is 19.3 Å². The molecule has 0 aromatic heterocycles. The van der Waals surface area contributed by atoms with Crippen LogP contribution in [0.4, 0.5) is 0 Å². The first kappa shape index (κ1) is 13.5. The van der Waals surface area contributed by atoms with E-state index in [1.54, 1.807) is 0 Å². The molecule has 2 atom stereocenters. The maximum atomic E-state index is 11.1. The van der Waals surface area contributed by atoms with Crippen LogP contribution in [0.1, 0.15) is 44.9 Å². The number of hydrogen-bond donors (Lipinski definition) is 3. The van der Waals surface area contributed by atoms with Gasteiger partial charge >= 0.3 is 0 Å². The Morgan fingerprint density at radius 3 is 2.62 bits per heavy atom. The van der Waals surface area contributed by atoms with Crippen molar-refractivity contribution in [3.8, 4) is 0 Å². The highest BCUT2D eigenvalue weighted by molar-refractivity contribution is 5.77. The van der Waals surface area contributed by atoms with Gasteiger partial charge in [0.15, 0.2) is 0 Å². The molecule has 4 heteroatoms. The van der Waals surface area contributed by atoms with E-state index >= 15 is 0 Å². The molecule has 0 aromatic rings. The fourth-order valence-electron chi connectivity index (χ4n) is 2.29. The molecule has 4 nitrogen and oxygen atoms in total. The first-order chi connectivity index (χ1) is 7.72. The van der Waals surface area contributed by atoms with Gasteiger partial charge in [-0.05, 0) is 31.6 Å². The maximum Gasteiger partial charge on any atom is 0.233 e. The summed E-state index contributed by atoms with van der Waals surface area (Å²) in [5, 5.41) is 2.88. The Balaban J connectivity index is 2.29. The molecule has 1 rings (SSSR count). The number of carbonyl (C=O) groups excluding carboxylic acids is 1. The van der Waals surface area contributed by atoms with Crippen molar-refractivity contribution in [3.05, 3.63) is 0 Å². The highest BCUT2D eigenvalue weighted by Crippen LogP contribution is 2.20. The second-order valence-corrected chi connectivity index (χ2v) is 4.85. The summed E-state index contributed by atoms with van der Waals surface area (Å²) in [5.41, 5.74) is 11.3. The minimum absolute atomic E-state index is 0.0517. The molecule has 2 unspecified atom stereocenters.